The number of nitrogens with zero attached hydrogens (tertiary/aromatic N) is 2. The van der Waals surface area contributed by atoms with Crippen LogP contribution in [0.2, 0.25) is 0 Å². The largest absolute Gasteiger partial charge is 0.468 e. The molecule has 1 amide bonds. The SMILES string of the molecule is COC(=O)CN(CC(=O)OC)C(=O)C1CCN(S(=O)(=O)Cc2ccccc2)CC1. The molecule has 2 rings (SSSR count). The number of carbonyl (C=O) groups excluding carboxylic acids is 3. The number of carbonyl (C=O) groups is 3. The van der Waals surface area contributed by atoms with Gasteiger partial charge in [0.15, 0.2) is 0 Å². The van der Waals surface area contributed by atoms with Crippen LogP contribution in [0.4, 0.5) is 0 Å². The Labute approximate surface area is 170 Å². The lowest BCUT2D eigenvalue weighted by molar-refractivity contribution is -0.154. The Balaban J connectivity index is 1.99. The quantitative estimate of drug-likeness (QED) is 0.554. The van der Waals surface area contributed by atoms with Gasteiger partial charge >= 0.3 is 11.9 Å². The highest BCUT2D eigenvalue weighted by molar-refractivity contribution is 7.88. The second-order valence-corrected chi connectivity index (χ2v) is 8.73. The molecule has 9 nitrogen and oxygen atoms in total. The van der Waals surface area contributed by atoms with Crippen molar-refractivity contribution in [2.45, 2.75) is 18.6 Å². The minimum atomic E-state index is -3.49. The van der Waals surface area contributed by atoms with Gasteiger partial charge in [-0.2, -0.15) is 0 Å². The van der Waals surface area contributed by atoms with Crippen LogP contribution in [0.5, 0.6) is 0 Å². The fourth-order valence-electron chi connectivity index (χ4n) is 3.17. The fourth-order valence-corrected chi connectivity index (χ4v) is 4.73. The van der Waals surface area contributed by atoms with E-state index in [4.69, 9.17) is 0 Å². The van der Waals surface area contributed by atoms with Gasteiger partial charge < -0.3 is 14.4 Å². The lowest BCUT2D eigenvalue weighted by Gasteiger charge is -2.33. The van der Waals surface area contributed by atoms with Gasteiger partial charge in [0.2, 0.25) is 15.9 Å². The Kier molecular flexibility index (Phi) is 8.15. The first-order chi connectivity index (χ1) is 13.8. The molecule has 0 aromatic heterocycles. The molecule has 1 aromatic rings. The Morgan fingerprint density at radius 3 is 2.00 bits per heavy atom. The first-order valence-electron chi connectivity index (χ1n) is 9.21. The van der Waals surface area contributed by atoms with E-state index in [1.54, 1.807) is 24.3 Å². The highest BCUT2D eigenvalue weighted by atomic mass is 32.2. The number of hydrogen-bond donors (Lipinski definition) is 0. The normalized spacial score (nSPS) is 15.5. The second kappa shape index (κ2) is 10.4. The third-order valence-electron chi connectivity index (χ3n) is 4.80. The van der Waals surface area contributed by atoms with Crippen molar-refractivity contribution >= 4 is 27.9 Å². The highest BCUT2D eigenvalue weighted by Gasteiger charge is 2.34. The fraction of sp³-hybridized carbons (Fsp3) is 0.526. The van der Waals surface area contributed by atoms with Crippen LogP contribution in [0.3, 0.4) is 0 Å². The molecule has 0 bridgehead atoms. The van der Waals surface area contributed by atoms with Crippen molar-refractivity contribution in [2.75, 3.05) is 40.4 Å². The van der Waals surface area contributed by atoms with E-state index in [1.807, 2.05) is 6.07 Å². The van der Waals surface area contributed by atoms with Crippen LogP contribution in [-0.4, -0.2) is 75.9 Å². The van der Waals surface area contributed by atoms with Crippen molar-refractivity contribution in [1.82, 2.24) is 9.21 Å². The lowest BCUT2D eigenvalue weighted by atomic mass is 9.96. The molecule has 29 heavy (non-hydrogen) atoms. The van der Waals surface area contributed by atoms with E-state index in [0.717, 1.165) is 4.90 Å². The molecule has 1 saturated heterocycles. The number of piperidine rings is 1. The maximum atomic E-state index is 12.8. The van der Waals surface area contributed by atoms with Gasteiger partial charge in [-0.3, -0.25) is 14.4 Å². The smallest absolute Gasteiger partial charge is 0.325 e. The monoisotopic (exact) mass is 426 g/mol. The van der Waals surface area contributed by atoms with E-state index in [9.17, 15) is 22.8 Å². The molecule has 0 aliphatic carbocycles. The Morgan fingerprint density at radius 1 is 1.00 bits per heavy atom. The summed E-state index contributed by atoms with van der Waals surface area (Å²) in [7, 11) is -1.10. The van der Waals surface area contributed by atoms with Gasteiger partial charge in [-0.1, -0.05) is 30.3 Å². The van der Waals surface area contributed by atoms with E-state index in [0.29, 0.717) is 18.4 Å². The van der Waals surface area contributed by atoms with Crippen molar-refractivity contribution < 1.29 is 32.3 Å². The van der Waals surface area contributed by atoms with Gasteiger partial charge in [0, 0.05) is 19.0 Å². The molecule has 0 saturated carbocycles. The van der Waals surface area contributed by atoms with Gasteiger partial charge in [-0.15, -0.1) is 0 Å². The number of hydrogen-bond acceptors (Lipinski definition) is 7. The summed E-state index contributed by atoms with van der Waals surface area (Å²) in [5.41, 5.74) is 0.702. The minimum absolute atomic E-state index is 0.0940. The van der Waals surface area contributed by atoms with Crippen molar-refractivity contribution in [3.8, 4) is 0 Å². The molecular weight excluding hydrogens is 400 g/mol. The van der Waals surface area contributed by atoms with Crippen LogP contribution in [0.25, 0.3) is 0 Å². The van der Waals surface area contributed by atoms with Crippen LogP contribution < -0.4 is 0 Å². The van der Waals surface area contributed by atoms with Crippen LogP contribution in [0.15, 0.2) is 30.3 Å². The zero-order valence-corrected chi connectivity index (χ0v) is 17.4. The molecule has 0 atom stereocenters. The molecule has 0 spiro atoms. The number of sulfonamides is 1. The summed E-state index contributed by atoms with van der Waals surface area (Å²) in [5, 5.41) is 0. The number of rotatable bonds is 8. The summed E-state index contributed by atoms with van der Waals surface area (Å²) < 4.78 is 35.8. The van der Waals surface area contributed by atoms with E-state index in [1.165, 1.54) is 18.5 Å². The number of benzene rings is 1. The van der Waals surface area contributed by atoms with Crippen LogP contribution in [0.1, 0.15) is 18.4 Å². The molecule has 1 aliphatic heterocycles. The number of methoxy groups -OCH3 is 2. The average Bonchev–Trinajstić information content (AvgIpc) is 2.73. The third-order valence-corrected chi connectivity index (χ3v) is 6.65. The Bertz CT molecular complexity index is 800. The van der Waals surface area contributed by atoms with Crippen molar-refractivity contribution in [3.63, 3.8) is 0 Å². The van der Waals surface area contributed by atoms with Crippen molar-refractivity contribution in [1.29, 1.82) is 0 Å². The predicted octanol–water partition coefficient (Wildman–Crippen LogP) is 0.403. The molecule has 160 valence electrons. The van der Waals surface area contributed by atoms with Crippen LogP contribution in [-0.2, 0) is 39.6 Å². The van der Waals surface area contributed by atoms with Gasteiger partial charge in [-0.25, -0.2) is 12.7 Å². The van der Waals surface area contributed by atoms with Crippen molar-refractivity contribution in [2.24, 2.45) is 5.92 Å². The standard InChI is InChI=1S/C19H26N2O7S/c1-27-17(22)12-20(13-18(23)28-2)19(24)16-8-10-21(11-9-16)29(25,26)14-15-6-4-3-5-7-15/h3-7,16H,8-14H2,1-2H3. The van der Waals surface area contributed by atoms with Gasteiger partial charge in [0.25, 0.3) is 0 Å². The molecule has 1 fully saturated rings. The summed E-state index contributed by atoms with van der Waals surface area (Å²) in [6.07, 6.45) is 0.622. The molecule has 10 heteroatoms. The topological polar surface area (TPSA) is 110 Å². The first kappa shape index (κ1) is 22.8. The highest BCUT2D eigenvalue weighted by Crippen LogP contribution is 2.23. The van der Waals surface area contributed by atoms with Gasteiger partial charge in [-0.05, 0) is 18.4 Å². The Morgan fingerprint density at radius 2 is 1.52 bits per heavy atom. The molecule has 0 N–H and O–H groups in total. The zero-order chi connectivity index (χ0) is 21.4. The summed E-state index contributed by atoms with van der Waals surface area (Å²) >= 11 is 0. The molecule has 1 aromatic carbocycles. The minimum Gasteiger partial charge on any atom is -0.468 e. The van der Waals surface area contributed by atoms with Gasteiger partial charge in [0.05, 0.1) is 20.0 Å². The van der Waals surface area contributed by atoms with Crippen LogP contribution >= 0.6 is 0 Å². The first-order valence-corrected chi connectivity index (χ1v) is 10.8. The van der Waals surface area contributed by atoms with E-state index < -0.39 is 27.9 Å². The average molecular weight is 426 g/mol. The van der Waals surface area contributed by atoms with Crippen LogP contribution in [0, 0.1) is 5.92 Å². The molecular formula is C19H26N2O7S. The summed E-state index contributed by atoms with van der Waals surface area (Å²) in [6.45, 7) is -0.320. The maximum absolute atomic E-state index is 12.8. The lowest BCUT2D eigenvalue weighted by Crippen LogP contribution is -2.47. The molecule has 0 radical (unpaired) electrons. The summed E-state index contributed by atoms with van der Waals surface area (Å²) in [6, 6.07) is 8.90. The molecule has 0 unspecified atom stereocenters. The number of amides is 1. The molecule has 1 aliphatic rings. The Hall–Kier alpha value is -2.46. The summed E-state index contributed by atoms with van der Waals surface area (Å²) in [5.74, 6) is -2.26. The van der Waals surface area contributed by atoms with E-state index in [2.05, 4.69) is 9.47 Å². The van der Waals surface area contributed by atoms with E-state index in [-0.39, 0.29) is 37.8 Å². The van der Waals surface area contributed by atoms with Crippen molar-refractivity contribution in [3.05, 3.63) is 35.9 Å². The second-order valence-electron chi connectivity index (χ2n) is 6.76. The predicted molar refractivity (Wildman–Crippen MR) is 104 cm³/mol. The summed E-state index contributed by atoms with van der Waals surface area (Å²) in [4.78, 5) is 37.0. The maximum Gasteiger partial charge on any atom is 0.325 e. The van der Waals surface area contributed by atoms with E-state index >= 15 is 0 Å². The third kappa shape index (κ3) is 6.53. The van der Waals surface area contributed by atoms with Gasteiger partial charge in [0.1, 0.15) is 13.1 Å². The molecule has 1 heterocycles. The zero-order valence-electron chi connectivity index (χ0n) is 16.6. The number of ether oxygens (including phenoxy) is 2. The number of esters is 2.